The molecule has 0 amide bonds. The molecule has 0 unspecified atom stereocenters. The molecule has 0 N–H and O–H groups in total. The zero-order chi connectivity index (χ0) is 15.7. The van der Waals surface area contributed by atoms with Crippen molar-refractivity contribution in [1.82, 2.24) is 9.13 Å². The average Bonchev–Trinajstić information content (AvgIpc) is 3.02. The van der Waals surface area contributed by atoms with Gasteiger partial charge in [0.15, 0.2) is 0 Å². The summed E-state index contributed by atoms with van der Waals surface area (Å²) in [6.07, 6.45) is 1.32. The molecule has 22 heavy (non-hydrogen) atoms. The minimum absolute atomic E-state index is 0.00361. The van der Waals surface area contributed by atoms with Gasteiger partial charge in [0.25, 0.3) is 5.56 Å². The van der Waals surface area contributed by atoms with Gasteiger partial charge in [0.05, 0.1) is 18.2 Å². The number of aromatic nitrogens is 2. The Labute approximate surface area is 126 Å². The highest BCUT2D eigenvalue weighted by Crippen LogP contribution is 2.14. The van der Waals surface area contributed by atoms with Gasteiger partial charge in [0, 0.05) is 12.2 Å². The van der Waals surface area contributed by atoms with Gasteiger partial charge in [-0.3, -0.25) is 13.9 Å². The molecule has 1 aliphatic heterocycles. The largest absolute Gasteiger partial charge is 0.331 e. The number of nitriles is 2. The SMILES string of the molecule is N#Cc1ccccc1Cn1c(=O)c(C#N)c2n(c1=O)CCC2. The first kappa shape index (κ1) is 13.8. The van der Waals surface area contributed by atoms with Gasteiger partial charge >= 0.3 is 5.69 Å². The number of hydrogen-bond donors (Lipinski definition) is 0. The lowest BCUT2D eigenvalue weighted by Gasteiger charge is -2.11. The van der Waals surface area contributed by atoms with Crippen LogP contribution in [0.25, 0.3) is 0 Å². The van der Waals surface area contributed by atoms with Crippen LogP contribution in [-0.2, 0) is 19.5 Å². The van der Waals surface area contributed by atoms with Crippen molar-refractivity contribution in [3.05, 3.63) is 67.5 Å². The quantitative estimate of drug-likeness (QED) is 0.816. The Bertz CT molecular complexity index is 954. The van der Waals surface area contributed by atoms with Gasteiger partial charge in [-0.05, 0) is 24.5 Å². The van der Waals surface area contributed by atoms with Crippen LogP contribution in [0.2, 0.25) is 0 Å². The van der Waals surface area contributed by atoms with Crippen molar-refractivity contribution >= 4 is 0 Å². The summed E-state index contributed by atoms with van der Waals surface area (Å²) in [5.41, 5.74) is 0.580. The first-order valence-corrected chi connectivity index (χ1v) is 6.92. The van der Waals surface area contributed by atoms with Gasteiger partial charge in [-0.25, -0.2) is 4.79 Å². The van der Waals surface area contributed by atoms with E-state index in [0.29, 0.717) is 29.8 Å². The highest BCUT2D eigenvalue weighted by molar-refractivity contribution is 5.38. The third kappa shape index (κ3) is 2.02. The van der Waals surface area contributed by atoms with Crippen LogP contribution < -0.4 is 11.2 Å². The highest BCUT2D eigenvalue weighted by atomic mass is 16.2. The number of benzene rings is 1. The molecule has 1 aromatic carbocycles. The molecule has 2 aromatic rings. The van der Waals surface area contributed by atoms with Crippen LogP contribution in [0.3, 0.4) is 0 Å². The molecule has 0 radical (unpaired) electrons. The predicted octanol–water partition coefficient (Wildman–Crippen LogP) is 0.748. The van der Waals surface area contributed by atoms with Crippen LogP contribution in [0.15, 0.2) is 33.9 Å². The fourth-order valence-electron chi connectivity index (χ4n) is 2.83. The second kappa shape index (κ2) is 5.34. The van der Waals surface area contributed by atoms with E-state index >= 15 is 0 Å². The average molecular weight is 292 g/mol. The molecule has 0 spiro atoms. The summed E-state index contributed by atoms with van der Waals surface area (Å²) in [5, 5.41) is 18.4. The van der Waals surface area contributed by atoms with Crippen LogP contribution in [0, 0.1) is 22.7 Å². The van der Waals surface area contributed by atoms with Crippen LogP contribution in [0.5, 0.6) is 0 Å². The fraction of sp³-hybridized carbons (Fsp3) is 0.250. The van der Waals surface area contributed by atoms with Gasteiger partial charge in [0.2, 0.25) is 0 Å². The molecule has 6 heteroatoms. The maximum absolute atomic E-state index is 12.5. The minimum Gasteiger partial charge on any atom is -0.296 e. The van der Waals surface area contributed by atoms with E-state index in [1.807, 2.05) is 12.1 Å². The Hall–Kier alpha value is -3.12. The van der Waals surface area contributed by atoms with Crippen LogP contribution in [-0.4, -0.2) is 9.13 Å². The van der Waals surface area contributed by atoms with Crippen molar-refractivity contribution in [2.75, 3.05) is 0 Å². The normalized spacial score (nSPS) is 12.5. The van der Waals surface area contributed by atoms with E-state index in [4.69, 9.17) is 5.26 Å². The molecule has 3 rings (SSSR count). The molecule has 0 fully saturated rings. The van der Waals surface area contributed by atoms with Crippen molar-refractivity contribution in [3.63, 3.8) is 0 Å². The van der Waals surface area contributed by atoms with Gasteiger partial charge in [0.1, 0.15) is 11.6 Å². The molecule has 2 heterocycles. The van der Waals surface area contributed by atoms with Gasteiger partial charge in [-0.15, -0.1) is 0 Å². The van der Waals surface area contributed by atoms with E-state index in [0.717, 1.165) is 11.0 Å². The number of rotatable bonds is 2. The Morgan fingerprint density at radius 3 is 2.64 bits per heavy atom. The Kier molecular flexibility index (Phi) is 3.36. The molecule has 108 valence electrons. The molecule has 0 bridgehead atoms. The van der Waals surface area contributed by atoms with Crippen LogP contribution in [0.1, 0.15) is 28.8 Å². The molecule has 0 atom stereocenters. The summed E-state index contributed by atoms with van der Waals surface area (Å²) in [6.45, 7) is 0.513. The number of nitrogens with zero attached hydrogens (tertiary/aromatic N) is 4. The number of hydrogen-bond acceptors (Lipinski definition) is 4. The molecule has 1 aromatic heterocycles. The molecule has 0 saturated heterocycles. The monoisotopic (exact) mass is 292 g/mol. The van der Waals surface area contributed by atoms with Crippen LogP contribution >= 0.6 is 0 Å². The second-order valence-corrected chi connectivity index (χ2v) is 5.13. The van der Waals surface area contributed by atoms with Crippen molar-refractivity contribution in [2.45, 2.75) is 25.9 Å². The molecule has 0 saturated carbocycles. The summed E-state index contributed by atoms with van der Waals surface area (Å²) in [5.74, 6) is 0. The maximum Gasteiger partial charge on any atom is 0.331 e. The zero-order valence-corrected chi connectivity index (χ0v) is 11.7. The fourth-order valence-corrected chi connectivity index (χ4v) is 2.83. The van der Waals surface area contributed by atoms with Crippen molar-refractivity contribution in [3.8, 4) is 12.1 Å². The molecular formula is C16H12N4O2. The Morgan fingerprint density at radius 2 is 1.91 bits per heavy atom. The van der Waals surface area contributed by atoms with Crippen molar-refractivity contribution in [1.29, 1.82) is 10.5 Å². The lowest BCUT2D eigenvalue weighted by molar-refractivity contribution is 0.601. The topological polar surface area (TPSA) is 91.6 Å². The molecule has 6 nitrogen and oxygen atoms in total. The maximum atomic E-state index is 12.5. The third-order valence-electron chi connectivity index (χ3n) is 3.91. The van der Waals surface area contributed by atoms with Gasteiger partial charge < -0.3 is 0 Å². The molecule has 1 aliphatic rings. The summed E-state index contributed by atoms with van der Waals surface area (Å²) in [6, 6.07) is 10.8. The Morgan fingerprint density at radius 1 is 1.14 bits per heavy atom. The van der Waals surface area contributed by atoms with E-state index in [2.05, 4.69) is 0 Å². The van der Waals surface area contributed by atoms with Crippen molar-refractivity contribution in [2.24, 2.45) is 0 Å². The summed E-state index contributed by atoms with van der Waals surface area (Å²) >= 11 is 0. The highest BCUT2D eigenvalue weighted by Gasteiger charge is 2.22. The first-order valence-electron chi connectivity index (χ1n) is 6.92. The van der Waals surface area contributed by atoms with Gasteiger partial charge in [-0.1, -0.05) is 18.2 Å². The van der Waals surface area contributed by atoms with E-state index in [1.54, 1.807) is 24.3 Å². The van der Waals surface area contributed by atoms with E-state index in [1.165, 1.54) is 4.57 Å². The van der Waals surface area contributed by atoms with E-state index < -0.39 is 11.2 Å². The molecular weight excluding hydrogens is 280 g/mol. The second-order valence-electron chi connectivity index (χ2n) is 5.13. The summed E-state index contributed by atoms with van der Waals surface area (Å²) in [7, 11) is 0. The summed E-state index contributed by atoms with van der Waals surface area (Å²) < 4.78 is 2.54. The minimum atomic E-state index is -0.576. The summed E-state index contributed by atoms with van der Waals surface area (Å²) in [4.78, 5) is 24.9. The van der Waals surface area contributed by atoms with Crippen molar-refractivity contribution < 1.29 is 0 Å². The van der Waals surface area contributed by atoms with E-state index in [9.17, 15) is 14.9 Å². The third-order valence-corrected chi connectivity index (χ3v) is 3.91. The lowest BCUT2D eigenvalue weighted by atomic mass is 10.1. The zero-order valence-electron chi connectivity index (χ0n) is 11.7. The van der Waals surface area contributed by atoms with E-state index in [-0.39, 0.29) is 12.1 Å². The smallest absolute Gasteiger partial charge is 0.296 e. The standard InChI is InChI=1S/C16H12N4O2/c17-8-11-4-1-2-5-12(11)10-20-15(21)13(9-18)14-6-3-7-19(14)16(20)22/h1-2,4-5H,3,6-7,10H2. The first-order chi connectivity index (χ1) is 10.7. The predicted molar refractivity (Wildman–Crippen MR) is 78.3 cm³/mol. The van der Waals surface area contributed by atoms with Gasteiger partial charge in [-0.2, -0.15) is 10.5 Å². The lowest BCUT2D eigenvalue weighted by Crippen LogP contribution is -2.42. The van der Waals surface area contributed by atoms with Crippen LogP contribution in [0.4, 0.5) is 0 Å². The number of fused-ring (bicyclic) bond motifs is 1. The molecule has 0 aliphatic carbocycles. The Balaban J connectivity index is 2.22.